The number of nitrogens with zero attached hydrogens (tertiary/aromatic N) is 3. The van der Waals surface area contributed by atoms with Crippen LogP contribution in [0.15, 0.2) is 36.7 Å². The van der Waals surface area contributed by atoms with Gasteiger partial charge in [-0.25, -0.2) is 4.79 Å². The van der Waals surface area contributed by atoms with Crippen LogP contribution in [0.5, 0.6) is 0 Å². The SMILES string of the molecule is CCN(CC)CCn1cc(NC(=O)NC[C@@H](O)c2ccc(C)cc2)cn1. The highest BCUT2D eigenvalue weighted by Crippen LogP contribution is 2.12. The number of aromatic nitrogens is 2. The molecule has 0 saturated carbocycles. The minimum absolute atomic E-state index is 0.144. The summed E-state index contributed by atoms with van der Waals surface area (Å²) >= 11 is 0. The van der Waals surface area contributed by atoms with E-state index in [0.29, 0.717) is 5.69 Å². The van der Waals surface area contributed by atoms with Gasteiger partial charge in [0.15, 0.2) is 0 Å². The molecule has 0 aliphatic heterocycles. The normalized spacial score (nSPS) is 12.2. The number of carbonyl (C=O) groups is 1. The molecule has 142 valence electrons. The van der Waals surface area contributed by atoms with Crippen LogP contribution in [0.25, 0.3) is 0 Å². The zero-order valence-electron chi connectivity index (χ0n) is 15.8. The van der Waals surface area contributed by atoms with Gasteiger partial charge >= 0.3 is 6.03 Å². The van der Waals surface area contributed by atoms with Crippen LogP contribution in [-0.2, 0) is 6.54 Å². The molecule has 0 aliphatic carbocycles. The van der Waals surface area contributed by atoms with Crippen LogP contribution in [-0.4, -0.2) is 52.0 Å². The molecule has 0 saturated heterocycles. The number of benzene rings is 1. The number of urea groups is 1. The van der Waals surface area contributed by atoms with Gasteiger partial charge in [-0.2, -0.15) is 5.10 Å². The third kappa shape index (κ3) is 6.16. The molecule has 0 spiro atoms. The molecular formula is C19H29N5O2. The van der Waals surface area contributed by atoms with Crippen molar-refractivity contribution in [2.24, 2.45) is 0 Å². The van der Waals surface area contributed by atoms with E-state index in [1.54, 1.807) is 12.4 Å². The molecular weight excluding hydrogens is 330 g/mol. The second-order valence-corrected chi connectivity index (χ2v) is 6.28. The molecule has 0 fully saturated rings. The lowest BCUT2D eigenvalue weighted by atomic mass is 10.1. The van der Waals surface area contributed by atoms with E-state index in [0.717, 1.165) is 37.3 Å². The number of aliphatic hydroxyl groups excluding tert-OH is 1. The summed E-state index contributed by atoms with van der Waals surface area (Å²) in [5.74, 6) is 0. The van der Waals surface area contributed by atoms with Crippen molar-refractivity contribution in [3.63, 3.8) is 0 Å². The first-order chi connectivity index (χ1) is 12.5. The largest absolute Gasteiger partial charge is 0.387 e. The van der Waals surface area contributed by atoms with E-state index < -0.39 is 6.10 Å². The Morgan fingerprint density at radius 3 is 2.62 bits per heavy atom. The van der Waals surface area contributed by atoms with Crippen LogP contribution < -0.4 is 10.6 Å². The first-order valence-electron chi connectivity index (χ1n) is 9.06. The van der Waals surface area contributed by atoms with E-state index in [2.05, 4.69) is 34.5 Å². The highest BCUT2D eigenvalue weighted by molar-refractivity contribution is 5.88. The van der Waals surface area contributed by atoms with Crippen LogP contribution in [0, 0.1) is 6.92 Å². The molecule has 2 rings (SSSR count). The first-order valence-corrected chi connectivity index (χ1v) is 9.06. The van der Waals surface area contributed by atoms with Crippen molar-refractivity contribution >= 4 is 11.7 Å². The van der Waals surface area contributed by atoms with Gasteiger partial charge in [0, 0.05) is 19.3 Å². The quantitative estimate of drug-likeness (QED) is 0.642. The van der Waals surface area contributed by atoms with E-state index in [-0.39, 0.29) is 12.6 Å². The minimum Gasteiger partial charge on any atom is -0.387 e. The number of likely N-dealkylation sites (N-methyl/N-ethyl adjacent to an activating group) is 1. The molecule has 7 nitrogen and oxygen atoms in total. The highest BCUT2D eigenvalue weighted by Gasteiger charge is 2.10. The molecule has 7 heteroatoms. The zero-order chi connectivity index (χ0) is 18.9. The Hall–Kier alpha value is -2.38. The third-order valence-corrected chi connectivity index (χ3v) is 4.35. The van der Waals surface area contributed by atoms with Gasteiger partial charge < -0.3 is 20.6 Å². The van der Waals surface area contributed by atoms with Crippen LogP contribution in [0.1, 0.15) is 31.1 Å². The summed E-state index contributed by atoms with van der Waals surface area (Å²) < 4.78 is 1.81. The first kappa shape index (κ1) is 19.9. The standard InChI is InChI=1S/C19H29N5O2/c1-4-23(5-2)10-11-24-14-17(12-21-24)22-19(26)20-13-18(25)16-8-6-15(3)7-9-16/h6-9,12,14,18,25H,4-5,10-11,13H2,1-3H3,(H2,20,22,26)/t18-/m1/s1. The summed E-state index contributed by atoms with van der Waals surface area (Å²) in [6.45, 7) is 10.1. The molecule has 2 aromatic rings. The Labute approximate surface area is 155 Å². The van der Waals surface area contributed by atoms with Gasteiger partial charge in [-0.05, 0) is 25.6 Å². The number of aryl methyl sites for hydroxylation is 1. The number of aliphatic hydroxyl groups is 1. The molecule has 0 unspecified atom stereocenters. The van der Waals surface area contributed by atoms with Gasteiger partial charge in [0.2, 0.25) is 0 Å². The average molecular weight is 359 g/mol. The number of carbonyl (C=O) groups excluding carboxylic acids is 1. The van der Waals surface area contributed by atoms with Crippen molar-refractivity contribution < 1.29 is 9.90 Å². The third-order valence-electron chi connectivity index (χ3n) is 4.35. The van der Waals surface area contributed by atoms with Gasteiger partial charge in [-0.3, -0.25) is 4.68 Å². The van der Waals surface area contributed by atoms with Crippen LogP contribution in [0.3, 0.4) is 0 Å². The summed E-state index contributed by atoms with van der Waals surface area (Å²) in [4.78, 5) is 14.3. The number of hydrogen-bond acceptors (Lipinski definition) is 4. The Bertz CT molecular complexity index is 679. The van der Waals surface area contributed by atoms with E-state index in [1.807, 2.05) is 35.9 Å². The molecule has 3 N–H and O–H groups in total. The fourth-order valence-electron chi connectivity index (χ4n) is 2.61. The molecule has 1 atom stereocenters. The maximum atomic E-state index is 12.0. The Kier molecular flexibility index (Phi) is 7.62. The van der Waals surface area contributed by atoms with Crippen molar-refractivity contribution in [3.05, 3.63) is 47.8 Å². The minimum atomic E-state index is -0.738. The fourth-order valence-corrected chi connectivity index (χ4v) is 2.61. The lowest BCUT2D eigenvalue weighted by Gasteiger charge is -2.17. The monoisotopic (exact) mass is 359 g/mol. The van der Waals surface area contributed by atoms with Gasteiger partial charge in [0.05, 0.1) is 24.5 Å². The highest BCUT2D eigenvalue weighted by atomic mass is 16.3. The maximum absolute atomic E-state index is 12.0. The second kappa shape index (κ2) is 9.94. The number of rotatable bonds is 9. The number of amides is 2. The predicted molar refractivity (Wildman–Crippen MR) is 103 cm³/mol. The van der Waals surface area contributed by atoms with Crippen LogP contribution >= 0.6 is 0 Å². The average Bonchev–Trinajstić information content (AvgIpc) is 3.08. The summed E-state index contributed by atoms with van der Waals surface area (Å²) in [5.41, 5.74) is 2.54. The van der Waals surface area contributed by atoms with Crippen molar-refractivity contribution in [3.8, 4) is 0 Å². The van der Waals surface area contributed by atoms with Crippen molar-refractivity contribution in [1.82, 2.24) is 20.0 Å². The molecule has 26 heavy (non-hydrogen) atoms. The van der Waals surface area contributed by atoms with E-state index in [4.69, 9.17) is 0 Å². The topological polar surface area (TPSA) is 82.4 Å². The fraction of sp³-hybridized carbons (Fsp3) is 0.474. The Balaban J connectivity index is 1.76. The predicted octanol–water partition coefficient (Wildman–Crippen LogP) is 2.39. The molecule has 1 heterocycles. The van der Waals surface area contributed by atoms with Crippen molar-refractivity contribution in [1.29, 1.82) is 0 Å². The summed E-state index contributed by atoms with van der Waals surface area (Å²) in [6, 6.07) is 7.23. The van der Waals surface area contributed by atoms with Gasteiger partial charge in [0.25, 0.3) is 0 Å². The Morgan fingerprint density at radius 2 is 1.96 bits per heavy atom. The zero-order valence-corrected chi connectivity index (χ0v) is 15.8. The molecule has 1 aromatic heterocycles. The lowest BCUT2D eigenvalue weighted by molar-refractivity contribution is 0.175. The van der Waals surface area contributed by atoms with E-state index >= 15 is 0 Å². The number of nitrogens with one attached hydrogen (secondary N) is 2. The summed E-state index contributed by atoms with van der Waals surface area (Å²) in [6.07, 6.45) is 2.69. The smallest absolute Gasteiger partial charge is 0.319 e. The van der Waals surface area contributed by atoms with Gasteiger partial charge in [-0.1, -0.05) is 43.7 Å². The second-order valence-electron chi connectivity index (χ2n) is 6.28. The van der Waals surface area contributed by atoms with Crippen LogP contribution in [0.4, 0.5) is 10.5 Å². The van der Waals surface area contributed by atoms with Crippen LogP contribution in [0.2, 0.25) is 0 Å². The summed E-state index contributed by atoms with van der Waals surface area (Å²) in [7, 11) is 0. The molecule has 2 amide bonds. The van der Waals surface area contributed by atoms with E-state index in [9.17, 15) is 9.90 Å². The lowest BCUT2D eigenvalue weighted by Crippen LogP contribution is -2.32. The van der Waals surface area contributed by atoms with Gasteiger partial charge in [0.1, 0.15) is 0 Å². The van der Waals surface area contributed by atoms with Gasteiger partial charge in [-0.15, -0.1) is 0 Å². The molecule has 0 aliphatic rings. The maximum Gasteiger partial charge on any atom is 0.319 e. The molecule has 0 bridgehead atoms. The Morgan fingerprint density at radius 1 is 1.27 bits per heavy atom. The van der Waals surface area contributed by atoms with E-state index in [1.165, 1.54) is 0 Å². The van der Waals surface area contributed by atoms with Crippen molar-refractivity contribution in [2.75, 3.05) is 31.5 Å². The number of hydrogen-bond donors (Lipinski definition) is 3. The molecule has 0 radical (unpaired) electrons. The van der Waals surface area contributed by atoms with Crippen molar-refractivity contribution in [2.45, 2.75) is 33.4 Å². The molecule has 1 aromatic carbocycles. The number of anilines is 1. The summed E-state index contributed by atoms with van der Waals surface area (Å²) in [5, 5.41) is 19.8.